The Labute approximate surface area is 136 Å². The summed E-state index contributed by atoms with van der Waals surface area (Å²) in [6.07, 6.45) is 0.515. The Hall–Kier alpha value is -2.64. The molecule has 0 aliphatic rings. The van der Waals surface area contributed by atoms with Gasteiger partial charge in [0.25, 0.3) is 0 Å². The number of aryl methyl sites for hydroxylation is 1. The van der Waals surface area contributed by atoms with Crippen molar-refractivity contribution in [2.45, 2.75) is 25.9 Å². The first kappa shape index (κ1) is 16.7. The molecule has 0 saturated carbocycles. The Morgan fingerprint density at radius 1 is 1.17 bits per heavy atom. The van der Waals surface area contributed by atoms with Crippen molar-refractivity contribution >= 4 is 5.78 Å². The Balaban J connectivity index is 1.87. The molecule has 2 rings (SSSR count). The van der Waals surface area contributed by atoms with Gasteiger partial charge >= 0.3 is 0 Å². The SMILES string of the molecule is CC(=O)CCc1ccc(OCC(O)c2ccc(C#N)cc2)cc1. The number of rotatable bonds is 7. The van der Waals surface area contributed by atoms with Crippen LogP contribution in [0.15, 0.2) is 48.5 Å². The summed E-state index contributed by atoms with van der Waals surface area (Å²) >= 11 is 0. The first-order chi connectivity index (χ1) is 11.1. The van der Waals surface area contributed by atoms with E-state index in [0.717, 1.165) is 12.0 Å². The summed E-state index contributed by atoms with van der Waals surface area (Å²) in [5, 5.41) is 18.9. The first-order valence-electron chi connectivity index (χ1n) is 7.48. The Bertz CT molecular complexity index is 684. The van der Waals surface area contributed by atoms with E-state index in [9.17, 15) is 9.90 Å². The molecule has 4 heteroatoms. The van der Waals surface area contributed by atoms with Crippen molar-refractivity contribution in [3.05, 3.63) is 65.2 Å². The number of hydrogen-bond donors (Lipinski definition) is 1. The van der Waals surface area contributed by atoms with Crippen LogP contribution in [-0.2, 0) is 11.2 Å². The molecule has 23 heavy (non-hydrogen) atoms. The molecule has 0 aromatic heterocycles. The van der Waals surface area contributed by atoms with Crippen molar-refractivity contribution in [2.75, 3.05) is 6.61 Å². The highest BCUT2D eigenvalue weighted by Gasteiger charge is 2.08. The topological polar surface area (TPSA) is 70.3 Å². The van der Waals surface area contributed by atoms with Crippen LogP contribution in [0.2, 0.25) is 0 Å². The lowest BCUT2D eigenvalue weighted by atomic mass is 10.1. The van der Waals surface area contributed by atoms with E-state index in [-0.39, 0.29) is 12.4 Å². The lowest BCUT2D eigenvalue weighted by Crippen LogP contribution is -2.09. The molecule has 0 heterocycles. The molecule has 0 radical (unpaired) electrons. The summed E-state index contributed by atoms with van der Waals surface area (Å²) in [5.74, 6) is 0.847. The molecular formula is C19H19NO3. The van der Waals surface area contributed by atoms with Gasteiger partial charge in [-0.2, -0.15) is 5.26 Å². The summed E-state index contributed by atoms with van der Waals surface area (Å²) in [6.45, 7) is 1.72. The average molecular weight is 309 g/mol. The monoisotopic (exact) mass is 309 g/mol. The molecular weight excluding hydrogens is 290 g/mol. The fraction of sp³-hybridized carbons (Fsp3) is 0.263. The smallest absolute Gasteiger partial charge is 0.130 e. The van der Waals surface area contributed by atoms with Crippen molar-refractivity contribution in [1.29, 1.82) is 5.26 Å². The quantitative estimate of drug-likeness (QED) is 0.852. The number of ether oxygens (including phenoxy) is 1. The summed E-state index contributed by atoms with van der Waals surface area (Å²) < 4.78 is 5.58. The van der Waals surface area contributed by atoms with Crippen LogP contribution in [0.5, 0.6) is 5.75 Å². The van der Waals surface area contributed by atoms with Crippen molar-refractivity contribution in [1.82, 2.24) is 0 Å². The normalized spacial score (nSPS) is 11.5. The lowest BCUT2D eigenvalue weighted by Gasteiger charge is -2.13. The minimum atomic E-state index is -0.750. The van der Waals surface area contributed by atoms with Gasteiger partial charge in [-0.3, -0.25) is 0 Å². The van der Waals surface area contributed by atoms with Gasteiger partial charge in [-0.1, -0.05) is 24.3 Å². The average Bonchev–Trinajstić information content (AvgIpc) is 2.58. The number of nitriles is 1. The molecule has 2 aromatic rings. The molecule has 4 nitrogen and oxygen atoms in total. The number of benzene rings is 2. The second kappa shape index (κ2) is 8.11. The lowest BCUT2D eigenvalue weighted by molar-refractivity contribution is -0.116. The fourth-order valence-corrected chi connectivity index (χ4v) is 2.12. The summed E-state index contributed by atoms with van der Waals surface area (Å²) in [6, 6.07) is 16.3. The predicted molar refractivity (Wildman–Crippen MR) is 87.1 cm³/mol. The predicted octanol–water partition coefficient (Wildman–Crippen LogP) is 3.19. The van der Waals surface area contributed by atoms with E-state index in [1.807, 2.05) is 30.3 Å². The van der Waals surface area contributed by atoms with Gasteiger partial charge in [0.05, 0.1) is 11.6 Å². The van der Waals surface area contributed by atoms with Crippen molar-refractivity contribution in [3.8, 4) is 11.8 Å². The van der Waals surface area contributed by atoms with E-state index < -0.39 is 6.10 Å². The van der Waals surface area contributed by atoms with E-state index in [0.29, 0.717) is 23.3 Å². The number of hydrogen-bond acceptors (Lipinski definition) is 4. The highest BCUT2D eigenvalue weighted by Crippen LogP contribution is 2.18. The zero-order valence-electron chi connectivity index (χ0n) is 13.0. The number of nitrogens with zero attached hydrogens (tertiary/aromatic N) is 1. The van der Waals surface area contributed by atoms with Crippen LogP contribution < -0.4 is 4.74 Å². The van der Waals surface area contributed by atoms with Gasteiger partial charge in [-0.25, -0.2) is 0 Å². The minimum Gasteiger partial charge on any atom is -0.491 e. The number of aliphatic hydroxyl groups is 1. The molecule has 0 spiro atoms. The molecule has 0 amide bonds. The van der Waals surface area contributed by atoms with Crippen molar-refractivity contribution in [2.24, 2.45) is 0 Å². The standard InChI is InChI=1S/C19H19NO3/c1-14(21)2-3-15-6-10-18(11-7-15)23-13-19(22)17-8-4-16(12-20)5-9-17/h4-11,19,22H,2-3,13H2,1H3. The number of carbonyl (C=O) groups excluding carboxylic acids is 1. The Morgan fingerprint density at radius 3 is 2.39 bits per heavy atom. The van der Waals surface area contributed by atoms with E-state index >= 15 is 0 Å². The fourth-order valence-electron chi connectivity index (χ4n) is 2.12. The minimum absolute atomic E-state index is 0.138. The first-order valence-corrected chi connectivity index (χ1v) is 7.48. The van der Waals surface area contributed by atoms with Crippen LogP contribution in [0, 0.1) is 11.3 Å². The van der Waals surface area contributed by atoms with Crippen LogP contribution in [0.3, 0.4) is 0 Å². The van der Waals surface area contributed by atoms with E-state index in [1.165, 1.54) is 0 Å². The third-order valence-electron chi connectivity index (χ3n) is 3.52. The van der Waals surface area contributed by atoms with Crippen molar-refractivity contribution < 1.29 is 14.6 Å². The van der Waals surface area contributed by atoms with Gasteiger partial charge in [-0.15, -0.1) is 0 Å². The van der Waals surface area contributed by atoms with Crippen LogP contribution in [0.1, 0.15) is 36.1 Å². The number of aliphatic hydroxyl groups excluding tert-OH is 1. The molecule has 2 aromatic carbocycles. The number of ketones is 1. The Morgan fingerprint density at radius 2 is 1.83 bits per heavy atom. The van der Waals surface area contributed by atoms with E-state index in [2.05, 4.69) is 0 Å². The zero-order chi connectivity index (χ0) is 16.7. The molecule has 1 unspecified atom stereocenters. The second-order valence-corrected chi connectivity index (χ2v) is 5.41. The van der Waals surface area contributed by atoms with Crippen LogP contribution in [0.4, 0.5) is 0 Å². The largest absolute Gasteiger partial charge is 0.491 e. The maximum absolute atomic E-state index is 11.0. The van der Waals surface area contributed by atoms with Crippen molar-refractivity contribution in [3.63, 3.8) is 0 Å². The third kappa shape index (κ3) is 5.24. The van der Waals surface area contributed by atoms with Gasteiger partial charge < -0.3 is 14.6 Å². The van der Waals surface area contributed by atoms with Gasteiger partial charge in [-0.05, 0) is 48.7 Å². The molecule has 118 valence electrons. The molecule has 0 bridgehead atoms. The number of carbonyl (C=O) groups is 1. The second-order valence-electron chi connectivity index (χ2n) is 5.41. The molecule has 0 aliphatic carbocycles. The van der Waals surface area contributed by atoms with Crippen LogP contribution >= 0.6 is 0 Å². The molecule has 0 saturated heterocycles. The molecule has 1 atom stereocenters. The van der Waals surface area contributed by atoms with Gasteiger partial charge in [0.1, 0.15) is 24.2 Å². The molecule has 0 fully saturated rings. The highest BCUT2D eigenvalue weighted by atomic mass is 16.5. The molecule has 1 N–H and O–H groups in total. The Kier molecular flexibility index (Phi) is 5.90. The maximum atomic E-state index is 11.0. The maximum Gasteiger partial charge on any atom is 0.130 e. The summed E-state index contributed by atoms with van der Waals surface area (Å²) in [4.78, 5) is 11.0. The van der Waals surface area contributed by atoms with Gasteiger partial charge in [0.15, 0.2) is 0 Å². The summed E-state index contributed by atoms with van der Waals surface area (Å²) in [7, 11) is 0. The van der Waals surface area contributed by atoms with E-state index in [1.54, 1.807) is 31.2 Å². The number of Topliss-reactive ketones (excluding diaryl/α,β-unsaturated/α-hetero) is 1. The summed E-state index contributed by atoms with van der Waals surface area (Å²) in [5.41, 5.74) is 2.35. The van der Waals surface area contributed by atoms with Gasteiger partial charge in [0.2, 0.25) is 0 Å². The third-order valence-corrected chi connectivity index (χ3v) is 3.52. The van der Waals surface area contributed by atoms with Crippen LogP contribution in [-0.4, -0.2) is 17.5 Å². The van der Waals surface area contributed by atoms with E-state index in [4.69, 9.17) is 10.00 Å². The van der Waals surface area contributed by atoms with Crippen LogP contribution in [0.25, 0.3) is 0 Å². The highest BCUT2D eigenvalue weighted by molar-refractivity contribution is 5.75. The zero-order valence-corrected chi connectivity index (χ0v) is 13.0. The van der Waals surface area contributed by atoms with Gasteiger partial charge in [0, 0.05) is 6.42 Å². The molecule has 0 aliphatic heterocycles.